The zero-order chi connectivity index (χ0) is 18.6. The molecular weight excluding hydrogens is 322 g/mol. The first-order valence-electron chi connectivity index (χ1n) is 6.59. The first kappa shape index (κ1) is 16.8. The smallest absolute Gasteiger partial charge is 0.270 e. The number of nitrogens with zero attached hydrogens (tertiary/aromatic N) is 5. The van der Waals surface area contributed by atoms with Gasteiger partial charge in [-0.2, -0.15) is 21.0 Å². The summed E-state index contributed by atoms with van der Waals surface area (Å²) in [5.41, 5.74) is 4.91. The van der Waals surface area contributed by atoms with Crippen LogP contribution in [0.2, 0.25) is 0 Å². The predicted molar refractivity (Wildman–Crippen MR) is 83.8 cm³/mol. The van der Waals surface area contributed by atoms with E-state index in [4.69, 9.17) is 16.3 Å². The number of nitro benzene ring substituents is 1. The Labute approximate surface area is 141 Å². The molecule has 0 bridgehead atoms. The highest BCUT2D eigenvalue weighted by atomic mass is 16.6. The first-order valence-corrected chi connectivity index (χ1v) is 6.59. The number of benzene rings is 1. The highest BCUT2D eigenvalue weighted by Gasteiger charge is 2.28. The fourth-order valence-corrected chi connectivity index (χ4v) is 2.26. The van der Waals surface area contributed by atoms with Crippen molar-refractivity contribution in [1.82, 2.24) is 5.32 Å². The Hall–Kier alpha value is -4.60. The molecule has 1 heterocycles. The van der Waals surface area contributed by atoms with Gasteiger partial charge in [0.25, 0.3) is 5.69 Å². The van der Waals surface area contributed by atoms with Crippen LogP contribution in [0.4, 0.5) is 5.69 Å². The molecule has 1 aliphatic rings. The molecule has 3 N–H and O–H groups in total. The van der Waals surface area contributed by atoms with Gasteiger partial charge in [0.15, 0.2) is 5.57 Å². The van der Waals surface area contributed by atoms with Crippen LogP contribution < -0.4 is 11.1 Å². The van der Waals surface area contributed by atoms with E-state index < -0.39 is 10.5 Å². The van der Waals surface area contributed by atoms with Gasteiger partial charge in [-0.25, -0.2) is 0 Å². The Morgan fingerprint density at radius 1 is 1.12 bits per heavy atom. The van der Waals surface area contributed by atoms with Crippen molar-refractivity contribution in [3.63, 3.8) is 0 Å². The fourth-order valence-electron chi connectivity index (χ4n) is 2.26. The van der Waals surface area contributed by atoms with Crippen LogP contribution in [0.5, 0.6) is 0 Å². The lowest BCUT2D eigenvalue weighted by atomic mass is 9.88. The predicted octanol–water partition coefficient (Wildman–Crippen LogP) is 1.47. The van der Waals surface area contributed by atoms with Crippen molar-refractivity contribution >= 4 is 11.3 Å². The first-order chi connectivity index (χ1) is 12.0. The molecule has 1 aromatic carbocycles. The molecule has 25 heavy (non-hydrogen) atoms. The third kappa shape index (κ3) is 2.85. The van der Waals surface area contributed by atoms with Crippen LogP contribution in [0.15, 0.2) is 52.5 Å². The quantitative estimate of drug-likeness (QED) is 0.465. The normalized spacial score (nSPS) is 13.0. The molecule has 0 aromatic heterocycles. The van der Waals surface area contributed by atoms with Gasteiger partial charge in [0, 0.05) is 17.7 Å². The van der Waals surface area contributed by atoms with Gasteiger partial charge in [-0.1, -0.05) is 12.1 Å². The largest absolute Gasteiger partial charge is 0.384 e. The number of rotatable bonds is 2. The van der Waals surface area contributed by atoms with Gasteiger partial charge in [-0.15, -0.1) is 0 Å². The van der Waals surface area contributed by atoms with Crippen molar-refractivity contribution in [3.05, 3.63) is 68.2 Å². The van der Waals surface area contributed by atoms with Gasteiger partial charge in [-0.3, -0.25) is 10.1 Å². The van der Waals surface area contributed by atoms with Crippen molar-refractivity contribution in [2.45, 2.75) is 0 Å². The SMILES string of the molecule is N#CC(C#N)=C1NC(N)=C(C#N)C(c2cccc([N+](=O)[O-])c2)=C1C#N. The number of non-ortho nitro benzene ring substituents is 1. The fraction of sp³-hybridized carbons (Fsp3) is 0. The Morgan fingerprint density at radius 3 is 2.28 bits per heavy atom. The van der Waals surface area contributed by atoms with Crippen molar-refractivity contribution in [3.8, 4) is 24.3 Å². The topological polar surface area (TPSA) is 176 Å². The molecule has 9 heteroatoms. The highest BCUT2D eigenvalue weighted by molar-refractivity contribution is 5.92. The summed E-state index contributed by atoms with van der Waals surface area (Å²) < 4.78 is 0. The maximum absolute atomic E-state index is 11.0. The standard InChI is InChI=1S/C16H7N7O2/c17-5-10(6-18)15-12(7-19)14(13(8-20)16(21)22-15)9-2-1-3-11(4-9)23(24)25/h1-4,22H,21H2. The van der Waals surface area contributed by atoms with Crippen molar-refractivity contribution in [1.29, 1.82) is 21.0 Å². The number of nitrogens with two attached hydrogens (primary N) is 1. The summed E-state index contributed by atoms with van der Waals surface area (Å²) in [6, 6.07) is 12.2. The van der Waals surface area contributed by atoms with Crippen molar-refractivity contribution in [2.24, 2.45) is 5.73 Å². The average molecular weight is 329 g/mol. The van der Waals surface area contributed by atoms with Crippen LogP contribution in [0.3, 0.4) is 0 Å². The van der Waals surface area contributed by atoms with Crippen molar-refractivity contribution in [2.75, 3.05) is 0 Å². The number of nitrogens with one attached hydrogen (secondary N) is 1. The van der Waals surface area contributed by atoms with E-state index in [1.165, 1.54) is 24.3 Å². The molecule has 0 unspecified atom stereocenters. The zero-order valence-electron chi connectivity index (χ0n) is 12.4. The van der Waals surface area contributed by atoms with Crippen LogP contribution >= 0.6 is 0 Å². The molecule has 9 nitrogen and oxygen atoms in total. The number of nitro groups is 1. The summed E-state index contributed by atoms with van der Waals surface area (Å²) in [6.07, 6.45) is 0. The Kier molecular flexibility index (Phi) is 4.47. The maximum Gasteiger partial charge on any atom is 0.270 e. The Balaban J connectivity index is 2.93. The molecule has 0 fully saturated rings. The van der Waals surface area contributed by atoms with E-state index in [1.807, 2.05) is 12.1 Å². The molecule has 0 radical (unpaired) electrons. The summed E-state index contributed by atoms with van der Waals surface area (Å²) in [5.74, 6) is -0.166. The number of dihydropyridines is 1. The molecule has 0 atom stereocenters. The van der Waals surface area contributed by atoms with Gasteiger partial charge in [0.1, 0.15) is 35.7 Å². The second-order valence-electron chi connectivity index (χ2n) is 4.67. The lowest BCUT2D eigenvalue weighted by molar-refractivity contribution is -0.384. The second-order valence-corrected chi connectivity index (χ2v) is 4.67. The number of allylic oxidation sites excluding steroid dienone is 4. The number of hydrogen-bond acceptors (Lipinski definition) is 8. The van der Waals surface area contributed by atoms with E-state index in [1.54, 1.807) is 12.1 Å². The third-order valence-corrected chi connectivity index (χ3v) is 3.32. The summed E-state index contributed by atoms with van der Waals surface area (Å²) in [7, 11) is 0. The van der Waals surface area contributed by atoms with Crippen molar-refractivity contribution < 1.29 is 4.92 Å². The van der Waals surface area contributed by atoms with E-state index in [2.05, 4.69) is 5.32 Å². The maximum atomic E-state index is 11.0. The monoisotopic (exact) mass is 329 g/mol. The Bertz CT molecular complexity index is 1030. The third-order valence-electron chi connectivity index (χ3n) is 3.32. The molecule has 2 rings (SSSR count). The lowest BCUT2D eigenvalue weighted by Crippen LogP contribution is -2.28. The summed E-state index contributed by atoms with van der Waals surface area (Å²) >= 11 is 0. The van der Waals surface area contributed by atoms with E-state index in [-0.39, 0.29) is 39.5 Å². The Morgan fingerprint density at radius 2 is 1.76 bits per heavy atom. The van der Waals surface area contributed by atoms with Crippen LogP contribution in [0.25, 0.3) is 5.57 Å². The lowest BCUT2D eigenvalue weighted by Gasteiger charge is -2.22. The van der Waals surface area contributed by atoms with E-state index in [0.717, 1.165) is 0 Å². The minimum Gasteiger partial charge on any atom is -0.384 e. The molecule has 0 saturated carbocycles. The van der Waals surface area contributed by atoms with Gasteiger partial charge < -0.3 is 11.1 Å². The molecule has 1 aromatic rings. The van der Waals surface area contributed by atoms with E-state index in [9.17, 15) is 20.6 Å². The summed E-state index contributed by atoms with van der Waals surface area (Å²) in [4.78, 5) is 10.4. The molecule has 0 saturated heterocycles. The highest BCUT2D eigenvalue weighted by Crippen LogP contribution is 2.35. The van der Waals surface area contributed by atoms with Crippen LogP contribution in [0.1, 0.15) is 5.56 Å². The zero-order valence-corrected chi connectivity index (χ0v) is 12.4. The second kappa shape index (κ2) is 6.66. The number of hydrogen-bond donors (Lipinski definition) is 2. The van der Waals surface area contributed by atoms with Gasteiger partial charge in [0.05, 0.1) is 16.2 Å². The van der Waals surface area contributed by atoms with Gasteiger partial charge in [-0.05, 0) is 5.56 Å². The van der Waals surface area contributed by atoms with Crippen LogP contribution in [-0.2, 0) is 0 Å². The minimum absolute atomic E-state index is 0.0166. The summed E-state index contributed by atoms with van der Waals surface area (Å²) in [6.45, 7) is 0. The molecular formula is C16H7N7O2. The van der Waals surface area contributed by atoms with E-state index in [0.29, 0.717) is 0 Å². The molecule has 0 amide bonds. The average Bonchev–Trinajstić information content (AvgIpc) is 2.62. The van der Waals surface area contributed by atoms with Crippen LogP contribution in [-0.4, -0.2) is 4.92 Å². The van der Waals surface area contributed by atoms with Gasteiger partial charge in [0.2, 0.25) is 0 Å². The molecule has 1 aliphatic heterocycles. The molecule has 0 spiro atoms. The van der Waals surface area contributed by atoms with E-state index >= 15 is 0 Å². The molecule has 118 valence electrons. The minimum atomic E-state index is -0.622. The summed E-state index contributed by atoms with van der Waals surface area (Å²) in [5, 5.41) is 50.5. The number of nitriles is 4. The molecule has 0 aliphatic carbocycles. The van der Waals surface area contributed by atoms with Gasteiger partial charge >= 0.3 is 0 Å². The van der Waals surface area contributed by atoms with Crippen LogP contribution in [0, 0.1) is 55.4 Å².